The van der Waals surface area contributed by atoms with E-state index in [2.05, 4.69) is 12.1 Å². The molecule has 0 aromatic heterocycles. The van der Waals surface area contributed by atoms with E-state index in [0.717, 1.165) is 19.3 Å². The monoisotopic (exact) mass is 241 g/mol. The Bertz CT molecular complexity index is 504. The first-order valence-electron chi connectivity index (χ1n) is 6.29. The Morgan fingerprint density at radius 3 is 2.39 bits per heavy atom. The second-order valence-corrected chi connectivity index (χ2v) is 4.73. The molecule has 0 N–H and O–H groups in total. The second-order valence-electron chi connectivity index (χ2n) is 4.73. The molecule has 18 heavy (non-hydrogen) atoms. The molecule has 92 valence electrons. The average molecular weight is 241 g/mol. The molecule has 0 amide bonds. The Morgan fingerprint density at radius 2 is 1.83 bits per heavy atom. The molecule has 1 aliphatic heterocycles. The molecule has 0 atom stereocenters. The lowest BCUT2D eigenvalue weighted by atomic mass is 9.89. The van der Waals surface area contributed by atoms with E-state index in [1.807, 2.05) is 24.3 Å². The lowest BCUT2D eigenvalue weighted by molar-refractivity contribution is -0.159. The van der Waals surface area contributed by atoms with Gasteiger partial charge in [0.1, 0.15) is 0 Å². The van der Waals surface area contributed by atoms with Gasteiger partial charge in [0, 0.05) is 12.8 Å². The Morgan fingerprint density at radius 1 is 1.11 bits per heavy atom. The molecule has 1 saturated heterocycles. The van der Waals surface area contributed by atoms with Crippen molar-refractivity contribution >= 4 is 5.57 Å². The molecular formula is C15H15NO2. The average Bonchev–Trinajstić information content (AvgIpc) is 2.88. The van der Waals surface area contributed by atoms with Crippen LogP contribution < -0.4 is 0 Å². The molecule has 3 nitrogen and oxygen atoms in total. The Labute approximate surface area is 107 Å². The summed E-state index contributed by atoms with van der Waals surface area (Å²) < 4.78 is 11.4. The van der Waals surface area contributed by atoms with Gasteiger partial charge in [-0.15, -0.1) is 0 Å². The standard InChI is InChI=1S/C15H15NO2/c16-11-12-1-3-13(4-2-12)14-5-7-15(8-6-14)17-9-10-18-15/h1-5H,6-10H2. The van der Waals surface area contributed by atoms with Gasteiger partial charge in [0.15, 0.2) is 5.79 Å². The van der Waals surface area contributed by atoms with Gasteiger partial charge in [-0.3, -0.25) is 0 Å². The normalized spacial score (nSPS) is 21.6. The fraction of sp³-hybridized carbons (Fsp3) is 0.400. The third-order valence-corrected chi connectivity index (χ3v) is 3.63. The molecule has 1 aromatic rings. The van der Waals surface area contributed by atoms with Gasteiger partial charge in [0.05, 0.1) is 24.8 Å². The first kappa shape index (κ1) is 11.5. The van der Waals surface area contributed by atoms with Crippen molar-refractivity contribution in [1.29, 1.82) is 5.26 Å². The largest absolute Gasteiger partial charge is 0.347 e. The summed E-state index contributed by atoms with van der Waals surface area (Å²) in [6, 6.07) is 9.89. The smallest absolute Gasteiger partial charge is 0.172 e. The summed E-state index contributed by atoms with van der Waals surface area (Å²) >= 11 is 0. The molecule has 2 aliphatic rings. The van der Waals surface area contributed by atoms with Gasteiger partial charge in [0.25, 0.3) is 0 Å². The molecule has 0 unspecified atom stereocenters. The second kappa shape index (κ2) is 4.56. The molecule has 0 radical (unpaired) electrons. The Kier molecular flexibility index (Phi) is 2.91. The van der Waals surface area contributed by atoms with E-state index in [4.69, 9.17) is 14.7 Å². The highest BCUT2D eigenvalue weighted by atomic mass is 16.7. The van der Waals surface area contributed by atoms with Crippen LogP contribution in [-0.4, -0.2) is 19.0 Å². The van der Waals surface area contributed by atoms with Crippen LogP contribution in [0.25, 0.3) is 5.57 Å². The van der Waals surface area contributed by atoms with Gasteiger partial charge in [-0.05, 0) is 29.7 Å². The summed E-state index contributed by atoms with van der Waals surface area (Å²) in [7, 11) is 0. The van der Waals surface area contributed by atoms with Crippen LogP contribution in [0.4, 0.5) is 0 Å². The van der Waals surface area contributed by atoms with E-state index in [1.165, 1.54) is 11.1 Å². The highest BCUT2D eigenvalue weighted by Crippen LogP contribution is 2.38. The van der Waals surface area contributed by atoms with Crippen molar-refractivity contribution in [3.8, 4) is 6.07 Å². The summed E-state index contributed by atoms with van der Waals surface area (Å²) in [5.41, 5.74) is 3.22. The molecule has 0 bridgehead atoms. The maximum atomic E-state index is 8.78. The van der Waals surface area contributed by atoms with Gasteiger partial charge in [-0.2, -0.15) is 5.26 Å². The minimum atomic E-state index is -0.351. The minimum Gasteiger partial charge on any atom is -0.347 e. The molecule has 0 saturated carbocycles. The molecule has 1 spiro atoms. The summed E-state index contributed by atoms with van der Waals surface area (Å²) in [4.78, 5) is 0. The zero-order valence-electron chi connectivity index (χ0n) is 10.2. The summed E-state index contributed by atoms with van der Waals surface area (Å²) in [6.45, 7) is 1.42. The third kappa shape index (κ3) is 2.05. The fourth-order valence-electron chi connectivity index (χ4n) is 2.59. The number of hydrogen-bond donors (Lipinski definition) is 0. The van der Waals surface area contributed by atoms with Gasteiger partial charge < -0.3 is 9.47 Å². The predicted octanol–water partition coefficient (Wildman–Crippen LogP) is 2.87. The van der Waals surface area contributed by atoms with Crippen molar-refractivity contribution in [1.82, 2.24) is 0 Å². The molecular weight excluding hydrogens is 226 g/mol. The van der Waals surface area contributed by atoms with Gasteiger partial charge >= 0.3 is 0 Å². The summed E-state index contributed by atoms with van der Waals surface area (Å²) in [5, 5.41) is 8.78. The quantitative estimate of drug-likeness (QED) is 0.759. The predicted molar refractivity (Wildman–Crippen MR) is 67.6 cm³/mol. The van der Waals surface area contributed by atoms with Crippen molar-refractivity contribution in [2.45, 2.75) is 25.0 Å². The zero-order chi connectivity index (χ0) is 12.4. The number of ether oxygens (including phenoxy) is 2. The number of hydrogen-bond acceptors (Lipinski definition) is 3. The molecule has 1 heterocycles. The van der Waals surface area contributed by atoms with Gasteiger partial charge in [-0.1, -0.05) is 18.2 Å². The van der Waals surface area contributed by atoms with Crippen LogP contribution in [0.15, 0.2) is 30.3 Å². The van der Waals surface area contributed by atoms with Crippen molar-refractivity contribution < 1.29 is 9.47 Å². The SMILES string of the molecule is N#Cc1ccc(C2=CCC3(CC2)OCCO3)cc1. The summed E-state index contributed by atoms with van der Waals surface area (Å²) in [5.74, 6) is -0.351. The highest BCUT2D eigenvalue weighted by Gasteiger charge is 2.37. The fourth-order valence-corrected chi connectivity index (χ4v) is 2.59. The zero-order valence-corrected chi connectivity index (χ0v) is 10.2. The lowest BCUT2D eigenvalue weighted by Crippen LogP contribution is -2.31. The maximum Gasteiger partial charge on any atom is 0.172 e. The molecule has 1 fully saturated rings. The molecule has 1 aliphatic carbocycles. The first-order chi connectivity index (χ1) is 8.81. The molecule has 1 aromatic carbocycles. The minimum absolute atomic E-state index is 0.351. The van der Waals surface area contributed by atoms with Crippen molar-refractivity contribution in [3.05, 3.63) is 41.5 Å². The lowest BCUT2D eigenvalue weighted by Gasteiger charge is -2.30. The first-order valence-corrected chi connectivity index (χ1v) is 6.29. The van der Waals surface area contributed by atoms with Crippen LogP contribution in [0, 0.1) is 11.3 Å². The van der Waals surface area contributed by atoms with Crippen LogP contribution in [-0.2, 0) is 9.47 Å². The van der Waals surface area contributed by atoms with E-state index in [1.54, 1.807) is 0 Å². The van der Waals surface area contributed by atoms with Gasteiger partial charge in [-0.25, -0.2) is 0 Å². The third-order valence-electron chi connectivity index (χ3n) is 3.63. The Hall–Kier alpha value is -1.63. The van der Waals surface area contributed by atoms with Gasteiger partial charge in [0.2, 0.25) is 0 Å². The van der Waals surface area contributed by atoms with Crippen molar-refractivity contribution in [3.63, 3.8) is 0 Å². The van der Waals surface area contributed by atoms with E-state index in [9.17, 15) is 0 Å². The number of nitriles is 1. The summed E-state index contributed by atoms with van der Waals surface area (Å²) in [6.07, 6.45) is 4.91. The number of allylic oxidation sites excluding steroid dienone is 1. The van der Waals surface area contributed by atoms with E-state index < -0.39 is 0 Å². The van der Waals surface area contributed by atoms with E-state index in [0.29, 0.717) is 18.8 Å². The van der Waals surface area contributed by atoms with Crippen LogP contribution in [0.1, 0.15) is 30.4 Å². The van der Waals surface area contributed by atoms with E-state index >= 15 is 0 Å². The van der Waals surface area contributed by atoms with E-state index in [-0.39, 0.29) is 5.79 Å². The Balaban J connectivity index is 1.77. The van der Waals surface area contributed by atoms with Crippen LogP contribution in [0.2, 0.25) is 0 Å². The highest BCUT2D eigenvalue weighted by molar-refractivity contribution is 5.67. The molecule has 3 rings (SSSR count). The van der Waals surface area contributed by atoms with Crippen LogP contribution >= 0.6 is 0 Å². The maximum absolute atomic E-state index is 8.78. The van der Waals surface area contributed by atoms with Crippen LogP contribution in [0.5, 0.6) is 0 Å². The topological polar surface area (TPSA) is 42.2 Å². The number of nitrogens with zero attached hydrogens (tertiary/aromatic N) is 1. The molecule has 3 heteroatoms. The van der Waals surface area contributed by atoms with Crippen LogP contribution in [0.3, 0.4) is 0 Å². The van der Waals surface area contributed by atoms with Crippen molar-refractivity contribution in [2.75, 3.05) is 13.2 Å². The van der Waals surface area contributed by atoms with Crippen molar-refractivity contribution in [2.24, 2.45) is 0 Å². The number of rotatable bonds is 1. The number of benzene rings is 1.